The van der Waals surface area contributed by atoms with Crippen molar-refractivity contribution in [2.24, 2.45) is 0 Å². The summed E-state index contributed by atoms with van der Waals surface area (Å²) in [5.74, 6) is -0.0292. The minimum Gasteiger partial charge on any atom is -0.353 e. The highest BCUT2D eigenvalue weighted by Gasteiger charge is 2.14. The highest BCUT2D eigenvalue weighted by atomic mass is 35.5. The van der Waals surface area contributed by atoms with Crippen molar-refractivity contribution < 1.29 is 4.39 Å². The molecule has 0 amide bonds. The maximum absolute atomic E-state index is 14.1. The SMILES string of the molecule is Fc1cccc(Cl)c1-c1ncc(-c2ccc(-c3cc4ccccc4[nH]3)nc2)[nH]1. The van der Waals surface area contributed by atoms with Gasteiger partial charge in [-0.25, -0.2) is 9.37 Å². The summed E-state index contributed by atoms with van der Waals surface area (Å²) in [5.41, 5.74) is 4.73. The lowest BCUT2D eigenvalue weighted by Crippen LogP contribution is -1.88. The topological polar surface area (TPSA) is 57.4 Å². The Bertz CT molecular complexity index is 1230. The number of H-pyrrole nitrogens is 2. The molecule has 3 aromatic heterocycles. The van der Waals surface area contributed by atoms with E-state index in [1.807, 2.05) is 30.3 Å². The molecule has 6 heteroatoms. The molecule has 3 heterocycles. The summed E-state index contributed by atoms with van der Waals surface area (Å²) in [7, 11) is 0. The van der Waals surface area contributed by atoms with Gasteiger partial charge in [0.15, 0.2) is 0 Å². The molecular formula is C22H14ClFN4. The van der Waals surface area contributed by atoms with Crippen molar-refractivity contribution in [1.29, 1.82) is 0 Å². The maximum atomic E-state index is 14.1. The average Bonchev–Trinajstić information content (AvgIpc) is 3.35. The van der Waals surface area contributed by atoms with Gasteiger partial charge in [-0.05, 0) is 36.4 Å². The number of fused-ring (bicyclic) bond motifs is 1. The van der Waals surface area contributed by atoms with Gasteiger partial charge in [0.05, 0.1) is 33.9 Å². The van der Waals surface area contributed by atoms with Gasteiger partial charge in [-0.3, -0.25) is 4.98 Å². The fourth-order valence-electron chi connectivity index (χ4n) is 3.24. The van der Waals surface area contributed by atoms with E-state index in [1.165, 1.54) is 6.07 Å². The van der Waals surface area contributed by atoms with Crippen molar-refractivity contribution in [3.8, 4) is 34.0 Å². The first-order valence-electron chi connectivity index (χ1n) is 8.73. The van der Waals surface area contributed by atoms with Crippen molar-refractivity contribution in [3.05, 3.63) is 83.9 Å². The summed E-state index contributed by atoms with van der Waals surface area (Å²) < 4.78 is 14.1. The Kier molecular flexibility index (Phi) is 3.95. The van der Waals surface area contributed by atoms with Gasteiger partial charge in [0.1, 0.15) is 11.6 Å². The van der Waals surface area contributed by atoms with Gasteiger partial charge < -0.3 is 9.97 Å². The summed E-state index contributed by atoms with van der Waals surface area (Å²) in [5, 5.41) is 1.46. The van der Waals surface area contributed by atoms with Gasteiger partial charge in [-0.15, -0.1) is 0 Å². The maximum Gasteiger partial charge on any atom is 0.142 e. The Labute approximate surface area is 165 Å². The van der Waals surface area contributed by atoms with E-state index < -0.39 is 5.82 Å². The number of para-hydroxylation sites is 1. The minimum absolute atomic E-state index is 0.262. The standard InChI is InChI=1S/C22H14ClFN4/c23-15-5-3-6-16(24)21(15)22-26-12-20(28-22)14-8-9-18(25-11-14)19-10-13-4-1-2-7-17(13)27-19/h1-12,27H,(H,26,28). The summed E-state index contributed by atoms with van der Waals surface area (Å²) in [6.07, 6.45) is 3.42. The predicted molar refractivity (Wildman–Crippen MR) is 110 cm³/mol. The molecule has 0 unspecified atom stereocenters. The van der Waals surface area contributed by atoms with E-state index in [0.29, 0.717) is 10.8 Å². The number of nitrogens with zero attached hydrogens (tertiary/aromatic N) is 2. The largest absolute Gasteiger partial charge is 0.353 e. The first-order chi connectivity index (χ1) is 13.7. The number of rotatable bonds is 3. The first-order valence-corrected chi connectivity index (χ1v) is 9.11. The van der Waals surface area contributed by atoms with Crippen LogP contribution in [0.1, 0.15) is 0 Å². The molecule has 0 radical (unpaired) electrons. The zero-order valence-electron chi connectivity index (χ0n) is 14.6. The number of halogens is 2. The third-order valence-corrected chi connectivity index (χ3v) is 4.97. The van der Waals surface area contributed by atoms with Crippen LogP contribution in [0.5, 0.6) is 0 Å². The molecule has 0 saturated carbocycles. The molecule has 28 heavy (non-hydrogen) atoms. The van der Waals surface area contributed by atoms with Crippen molar-refractivity contribution in [2.75, 3.05) is 0 Å². The van der Waals surface area contributed by atoms with E-state index in [2.05, 4.69) is 32.1 Å². The zero-order chi connectivity index (χ0) is 19.1. The Morgan fingerprint density at radius 3 is 2.50 bits per heavy atom. The Hall–Kier alpha value is -3.44. The van der Waals surface area contributed by atoms with Crippen LogP contribution in [-0.4, -0.2) is 19.9 Å². The molecule has 5 aromatic rings. The highest BCUT2D eigenvalue weighted by molar-refractivity contribution is 6.33. The van der Waals surface area contributed by atoms with Crippen molar-refractivity contribution in [2.45, 2.75) is 0 Å². The minimum atomic E-state index is -0.416. The van der Waals surface area contributed by atoms with Crippen LogP contribution in [-0.2, 0) is 0 Å². The molecule has 2 aromatic carbocycles. The highest BCUT2D eigenvalue weighted by Crippen LogP contribution is 2.30. The Morgan fingerprint density at radius 2 is 1.71 bits per heavy atom. The van der Waals surface area contributed by atoms with Gasteiger partial charge in [-0.1, -0.05) is 35.9 Å². The second kappa shape index (κ2) is 6.62. The lowest BCUT2D eigenvalue weighted by molar-refractivity contribution is 0.630. The zero-order valence-corrected chi connectivity index (χ0v) is 15.3. The van der Waals surface area contributed by atoms with E-state index in [0.717, 1.165) is 33.5 Å². The monoisotopic (exact) mass is 388 g/mol. The molecular weight excluding hydrogens is 375 g/mol. The first kappa shape index (κ1) is 16.7. The van der Waals surface area contributed by atoms with Crippen molar-refractivity contribution in [3.63, 3.8) is 0 Å². The van der Waals surface area contributed by atoms with Gasteiger partial charge in [0.25, 0.3) is 0 Å². The second-order valence-corrected chi connectivity index (χ2v) is 6.85. The predicted octanol–water partition coefficient (Wildman–Crippen LogP) is 6.08. The quantitative estimate of drug-likeness (QED) is 0.393. The van der Waals surface area contributed by atoms with Crippen LogP contribution in [0.15, 0.2) is 73.1 Å². The van der Waals surface area contributed by atoms with Crippen LogP contribution in [0.25, 0.3) is 44.9 Å². The van der Waals surface area contributed by atoms with Gasteiger partial charge in [0, 0.05) is 22.7 Å². The number of hydrogen-bond donors (Lipinski definition) is 2. The summed E-state index contributed by atoms with van der Waals surface area (Å²) in [6, 6.07) is 18.6. The van der Waals surface area contributed by atoms with Crippen LogP contribution in [0.3, 0.4) is 0 Å². The number of hydrogen-bond acceptors (Lipinski definition) is 2. The molecule has 0 atom stereocenters. The van der Waals surface area contributed by atoms with E-state index in [9.17, 15) is 4.39 Å². The van der Waals surface area contributed by atoms with E-state index in [1.54, 1.807) is 24.5 Å². The van der Waals surface area contributed by atoms with Crippen LogP contribution >= 0.6 is 11.6 Å². The summed E-state index contributed by atoms with van der Waals surface area (Å²) in [6.45, 7) is 0. The lowest BCUT2D eigenvalue weighted by atomic mass is 10.2. The molecule has 0 fully saturated rings. The molecule has 2 N–H and O–H groups in total. The van der Waals surface area contributed by atoms with Crippen LogP contribution in [0, 0.1) is 5.82 Å². The van der Waals surface area contributed by atoms with Gasteiger partial charge in [0.2, 0.25) is 0 Å². The molecule has 4 nitrogen and oxygen atoms in total. The molecule has 0 bridgehead atoms. The lowest BCUT2D eigenvalue weighted by Gasteiger charge is -2.03. The van der Waals surface area contributed by atoms with E-state index in [-0.39, 0.29) is 5.56 Å². The Morgan fingerprint density at radius 1 is 0.821 bits per heavy atom. The molecule has 5 rings (SSSR count). The third kappa shape index (κ3) is 2.86. The molecule has 0 saturated heterocycles. The van der Waals surface area contributed by atoms with Gasteiger partial charge in [-0.2, -0.15) is 0 Å². The normalized spacial score (nSPS) is 11.2. The van der Waals surface area contributed by atoms with Crippen molar-refractivity contribution >= 4 is 22.5 Å². The summed E-state index contributed by atoms with van der Waals surface area (Å²) >= 11 is 6.13. The number of pyridine rings is 1. The number of benzene rings is 2. The fraction of sp³-hybridized carbons (Fsp3) is 0. The molecule has 0 spiro atoms. The molecule has 0 aliphatic heterocycles. The van der Waals surface area contributed by atoms with Gasteiger partial charge >= 0.3 is 0 Å². The molecule has 0 aliphatic rings. The third-order valence-electron chi connectivity index (χ3n) is 4.66. The van der Waals surface area contributed by atoms with Crippen LogP contribution < -0.4 is 0 Å². The van der Waals surface area contributed by atoms with Crippen LogP contribution in [0.2, 0.25) is 5.02 Å². The molecule has 0 aliphatic carbocycles. The molecule has 136 valence electrons. The fourth-order valence-corrected chi connectivity index (χ4v) is 3.50. The summed E-state index contributed by atoms with van der Waals surface area (Å²) in [4.78, 5) is 15.3. The number of aromatic amines is 2. The number of aromatic nitrogens is 4. The second-order valence-electron chi connectivity index (χ2n) is 6.44. The smallest absolute Gasteiger partial charge is 0.142 e. The number of imidazole rings is 1. The van der Waals surface area contributed by atoms with E-state index >= 15 is 0 Å². The van der Waals surface area contributed by atoms with Crippen molar-refractivity contribution in [1.82, 2.24) is 19.9 Å². The van der Waals surface area contributed by atoms with E-state index in [4.69, 9.17) is 11.6 Å². The average molecular weight is 389 g/mol. The van der Waals surface area contributed by atoms with Crippen LogP contribution in [0.4, 0.5) is 4.39 Å². The Balaban J connectivity index is 1.47. The number of nitrogens with one attached hydrogen (secondary N) is 2.